The van der Waals surface area contributed by atoms with Gasteiger partial charge in [-0.15, -0.1) is 0 Å². The molecule has 0 aromatic heterocycles. The van der Waals surface area contributed by atoms with Gasteiger partial charge in [0.05, 0.1) is 12.5 Å². The molecule has 1 saturated heterocycles. The molecule has 1 N–H and O–H groups in total. The van der Waals surface area contributed by atoms with Gasteiger partial charge >= 0.3 is 5.97 Å². The maximum atomic E-state index is 12.9. The van der Waals surface area contributed by atoms with Crippen molar-refractivity contribution in [2.24, 2.45) is 5.92 Å². The normalized spacial score (nSPS) is 16.9. The van der Waals surface area contributed by atoms with Crippen molar-refractivity contribution < 1.29 is 14.7 Å². The number of carbonyl (C=O) groups excluding carboxylic acids is 1. The highest BCUT2D eigenvalue weighted by Crippen LogP contribution is 2.23. The Kier molecular flexibility index (Phi) is 7.21. The van der Waals surface area contributed by atoms with Crippen LogP contribution in [0.1, 0.15) is 50.7 Å². The number of hydrogen-bond donors (Lipinski definition) is 1. The molecule has 0 spiro atoms. The first-order chi connectivity index (χ1) is 12.3. The van der Waals surface area contributed by atoms with Gasteiger partial charge in [0, 0.05) is 19.1 Å². The molecule has 0 bridgehead atoms. The molecule has 0 aliphatic carbocycles. The van der Waals surface area contributed by atoms with Crippen LogP contribution >= 0.6 is 0 Å². The standard InChI is InChI=1S/C21H32N2O3/c1-15(2)12-17-6-5-7-18(13-17)16(3)21(26)23-10-8-19(9-11-23)22(4)14-20(24)25/h5-7,13,15-16,19H,8-12,14H2,1-4H3,(H,24,25). The molecule has 1 fully saturated rings. The number of piperidine rings is 1. The summed E-state index contributed by atoms with van der Waals surface area (Å²) in [6.45, 7) is 7.84. The number of likely N-dealkylation sites (N-methyl/N-ethyl adjacent to an activating group) is 1. The summed E-state index contributed by atoms with van der Waals surface area (Å²) < 4.78 is 0. The van der Waals surface area contributed by atoms with Gasteiger partial charge in [-0.05, 0) is 50.3 Å². The lowest BCUT2D eigenvalue weighted by molar-refractivity contribution is -0.140. The van der Waals surface area contributed by atoms with Gasteiger partial charge in [-0.3, -0.25) is 14.5 Å². The van der Waals surface area contributed by atoms with E-state index in [0.717, 1.165) is 24.8 Å². The van der Waals surface area contributed by atoms with E-state index >= 15 is 0 Å². The maximum Gasteiger partial charge on any atom is 0.317 e. The summed E-state index contributed by atoms with van der Waals surface area (Å²) in [5.74, 6) is -0.180. The van der Waals surface area contributed by atoms with E-state index in [-0.39, 0.29) is 24.4 Å². The second-order valence-corrected chi connectivity index (χ2v) is 7.93. The second-order valence-electron chi connectivity index (χ2n) is 7.93. The van der Waals surface area contributed by atoms with Gasteiger partial charge in [0.25, 0.3) is 0 Å². The average molecular weight is 360 g/mol. The first-order valence-electron chi connectivity index (χ1n) is 9.57. The Morgan fingerprint density at radius 1 is 1.23 bits per heavy atom. The fourth-order valence-corrected chi connectivity index (χ4v) is 3.75. The number of carboxylic acid groups (broad SMARTS) is 1. The number of likely N-dealkylation sites (tertiary alicyclic amines) is 1. The van der Waals surface area contributed by atoms with Gasteiger partial charge in [-0.2, -0.15) is 0 Å². The number of amides is 1. The number of nitrogens with zero attached hydrogens (tertiary/aromatic N) is 2. The van der Waals surface area contributed by atoms with Gasteiger partial charge < -0.3 is 10.0 Å². The number of carbonyl (C=O) groups is 2. The smallest absolute Gasteiger partial charge is 0.317 e. The molecule has 1 aliphatic heterocycles. The highest BCUT2D eigenvalue weighted by atomic mass is 16.4. The highest BCUT2D eigenvalue weighted by molar-refractivity contribution is 5.83. The zero-order valence-electron chi connectivity index (χ0n) is 16.4. The van der Waals surface area contributed by atoms with Crippen LogP contribution in [0.25, 0.3) is 0 Å². The Hall–Kier alpha value is -1.88. The van der Waals surface area contributed by atoms with E-state index in [1.54, 1.807) is 0 Å². The lowest BCUT2D eigenvalue weighted by Gasteiger charge is -2.37. The molecule has 1 unspecified atom stereocenters. The molecule has 5 nitrogen and oxygen atoms in total. The quantitative estimate of drug-likeness (QED) is 0.812. The number of aliphatic carboxylic acids is 1. The van der Waals surface area contributed by atoms with Gasteiger partial charge in [-0.1, -0.05) is 38.1 Å². The molecular formula is C21H32N2O3. The van der Waals surface area contributed by atoms with E-state index in [4.69, 9.17) is 5.11 Å². The third kappa shape index (κ3) is 5.56. The number of benzene rings is 1. The van der Waals surface area contributed by atoms with E-state index < -0.39 is 5.97 Å². The zero-order chi connectivity index (χ0) is 19.3. The summed E-state index contributed by atoms with van der Waals surface area (Å²) in [4.78, 5) is 27.6. The van der Waals surface area contributed by atoms with Crippen LogP contribution < -0.4 is 0 Å². The van der Waals surface area contributed by atoms with Crippen LogP contribution in [0.2, 0.25) is 0 Å². The lowest BCUT2D eigenvalue weighted by Crippen LogP contribution is -2.47. The number of hydrogen-bond acceptors (Lipinski definition) is 3. The highest BCUT2D eigenvalue weighted by Gasteiger charge is 2.28. The molecule has 1 amide bonds. The van der Waals surface area contributed by atoms with Crippen LogP contribution in [-0.2, 0) is 16.0 Å². The Morgan fingerprint density at radius 2 is 1.88 bits per heavy atom. The zero-order valence-corrected chi connectivity index (χ0v) is 16.4. The average Bonchev–Trinajstić information content (AvgIpc) is 2.59. The van der Waals surface area contributed by atoms with E-state index in [9.17, 15) is 9.59 Å². The van der Waals surface area contributed by atoms with Gasteiger partial charge in [0.2, 0.25) is 5.91 Å². The predicted octanol–water partition coefficient (Wildman–Crippen LogP) is 3.00. The van der Waals surface area contributed by atoms with Crippen LogP contribution in [0.3, 0.4) is 0 Å². The fourth-order valence-electron chi connectivity index (χ4n) is 3.75. The summed E-state index contributed by atoms with van der Waals surface area (Å²) in [5, 5.41) is 8.92. The molecule has 0 saturated carbocycles. The maximum absolute atomic E-state index is 12.9. The van der Waals surface area contributed by atoms with Crippen LogP contribution in [-0.4, -0.2) is 59.5 Å². The molecule has 0 radical (unpaired) electrons. The van der Waals surface area contributed by atoms with Crippen LogP contribution in [0.4, 0.5) is 0 Å². The first-order valence-corrected chi connectivity index (χ1v) is 9.57. The van der Waals surface area contributed by atoms with Crippen LogP contribution in [0.5, 0.6) is 0 Å². The van der Waals surface area contributed by atoms with Gasteiger partial charge in [0.1, 0.15) is 0 Å². The summed E-state index contributed by atoms with van der Waals surface area (Å²) in [5.41, 5.74) is 2.37. The summed E-state index contributed by atoms with van der Waals surface area (Å²) in [6.07, 6.45) is 2.68. The number of rotatable bonds is 7. The fraction of sp³-hybridized carbons (Fsp3) is 0.619. The van der Waals surface area contributed by atoms with Crippen molar-refractivity contribution in [1.29, 1.82) is 0 Å². The predicted molar refractivity (Wildman–Crippen MR) is 103 cm³/mol. The Balaban J connectivity index is 1.94. The Bertz CT molecular complexity index is 621. The molecule has 26 heavy (non-hydrogen) atoms. The Morgan fingerprint density at radius 3 is 2.46 bits per heavy atom. The topological polar surface area (TPSA) is 60.9 Å². The molecule has 2 rings (SSSR count). The SMILES string of the molecule is CC(C)Cc1cccc(C(C)C(=O)N2CCC(N(C)CC(=O)O)CC2)c1. The monoisotopic (exact) mass is 360 g/mol. The summed E-state index contributed by atoms with van der Waals surface area (Å²) >= 11 is 0. The molecule has 1 aliphatic rings. The molecule has 144 valence electrons. The third-order valence-electron chi connectivity index (χ3n) is 5.25. The van der Waals surface area contributed by atoms with Crippen molar-refractivity contribution in [2.45, 2.75) is 52.0 Å². The molecule has 1 heterocycles. The molecule has 1 atom stereocenters. The van der Waals surface area contributed by atoms with Crippen molar-refractivity contribution in [3.63, 3.8) is 0 Å². The molecule has 1 aromatic carbocycles. The second kappa shape index (κ2) is 9.17. The van der Waals surface area contributed by atoms with Crippen molar-refractivity contribution in [3.8, 4) is 0 Å². The van der Waals surface area contributed by atoms with Gasteiger partial charge in [0.15, 0.2) is 0 Å². The minimum atomic E-state index is -0.805. The van der Waals surface area contributed by atoms with Gasteiger partial charge in [-0.25, -0.2) is 0 Å². The lowest BCUT2D eigenvalue weighted by atomic mass is 9.93. The van der Waals surface area contributed by atoms with E-state index in [0.29, 0.717) is 19.0 Å². The summed E-state index contributed by atoms with van der Waals surface area (Å²) in [7, 11) is 1.85. The molecule has 1 aromatic rings. The van der Waals surface area contributed by atoms with Crippen LogP contribution in [0.15, 0.2) is 24.3 Å². The molecule has 5 heteroatoms. The van der Waals surface area contributed by atoms with Crippen molar-refractivity contribution >= 4 is 11.9 Å². The minimum absolute atomic E-state index is 0.0532. The van der Waals surface area contributed by atoms with E-state index in [2.05, 4.69) is 26.0 Å². The van der Waals surface area contributed by atoms with Crippen LogP contribution in [0, 0.1) is 5.92 Å². The summed E-state index contributed by atoms with van der Waals surface area (Å²) in [6, 6.07) is 8.62. The largest absolute Gasteiger partial charge is 0.480 e. The van der Waals surface area contributed by atoms with E-state index in [1.807, 2.05) is 35.9 Å². The van der Waals surface area contributed by atoms with Crippen molar-refractivity contribution in [1.82, 2.24) is 9.80 Å². The third-order valence-corrected chi connectivity index (χ3v) is 5.25. The Labute approximate surface area is 157 Å². The van der Waals surface area contributed by atoms with E-state index in [1.165, 1.54) is 5.56 Å². The minimum Gasteiger partial charge on any atom is -0.480 e. The number of carboxylic acids is 1. The first kappa shape index (κ1) is 20.4. The van der Waals surface area contributed by atoms with Crippen molar-refractivity contribution in [2.75, 3.05) is 26.7 Å². The molecular weight excluding hydrogens is 328 g/mol. The van der Waals surface area contributed by atoms with Crippen molar-refractivity contribution in [3.05, 3.63) is 35.4 Å².